The average Bonchev–Trinajstić information content (AvgIpc) is 2.76. The van der Waals surface area contributed by atoms with E-state index in [-0.39, 0.29) is 11.8 Å². The molecular formula is C27H32N2O3. The number of likely N-dealkylation sites (N-methyl/N-ethyl adjacent to an activating group) is 1. The number of hydrogen-bond donors (Lipinski definition) is 0. The molecule has 0 spiro atoms. The molecule has 0 amide bonds. The van der Waals surface area contributed by atoms with E-state index in [1.165, 1.54) is 6.08 Å². The second-order valence-corrected chi connectivity index (χ2v) is 9.08. The Morgan fingerprint density at radius 2 is 1.50 bits per heavy atom. The molecule has 1 fully saturated rings. The third-order valence-corrected chi connectivity index (χ3v) is 5.16. The molecule has 168 valence electrons. The van der Waals surface area contributed by atoms with Gasteiger partial charge in [0, 0.05) is 43.5 Å². The van der Waals surface area contributed by atoms with E-state index >= 15 is 0 Å². The van der Waals surface area contributed by atoms with Gasteiger partial charge in [-0.1, -0.05) is 36.4 Å². The molecule has 0 saturated carbocycles. The summed E-state index contributed by atoms with van der Waals surface area (Å²) < 4.78 is 5.29. The summed E-state index contributed by atoms with van der Waals surface area (Å²) in [6.45, 7) is 9.49. The molecule has 1 aliphatic heterocycles. The van der Waals surface area contributed by atoms with Gasteiger partial charge in [0.25, 0.3) is 0 Å². The predicted molar refractivity (Wildman–Crippen MR) is 131 cm³/mol. The number of carbonyl (C=O) groups excluding carboxylic acids is 2. The highest BCUT2D eigenvalue weighted by Gasteiger charge is 2.15. The number of rotatable bonds is 6. The van der Waals surface area contributed by atoms with E-state index in [4.69, 9.17) is 4.74 Å². The standard InChI is InChI=1S/C27H32N2O3/c1-27(2,3)32-26(31)14-12-22-8-5-7-21(19-22)11-13-25(30)23-9-6-10-24(20-23)29-17-15-28(4)16-18-29/h5-14,19-20H,15-18H2,1-4H3/b13-11+,14-12+. The molecule has 0 aromatic heterocycles. The molecule has 2 aromatic rings. The summed E-state index contributed by atoms with van der Waals surface area (Å²) in [7, 11) is 2.13. The average molecular weight is 433 g/mol. The molecule has 0 aliphatic carbocycles. The highest BCUT2D eigenvalue weighted by atomic mass is 16.6. The topological polar surface area (TPSA) is 49.9 Å². The van der Waals surface area contributed by atoms with Crippen LogP contribution in [0.15, 0.2) is 60.7 Å². The quantitative estimate of drug-likeness (QED) is 0.377. The smallest absolute Gasteiger partial charge is 0.331 e. The Balaban J connectivity index is 1.65. The summed E-state index contributed by atoms with van der Waals surface area (Å²) in [5.41, 5.74) is 3.00. The van der Waals surface area contributed by atoms with Crippen LogP contribution in [0.4, 0.5) is 5.69 Å². The number of esters is 1. The zero-order valence-electron chi connectivity index (χ0n) is 19.4. The van der Waals surface area contributed by atoms with Gasteiger partial charge in [-0.2, -0.15) is 0 Å². The monoisotopic (exact) mass is 432 g/mol. The number of carbonyl (C=O) groups is 2. The maximum atomic E-state index is 12.7. The highest BCUT2D eigenvalue weighted by Crippen LogP contribution is 2.19. The molecule has 0 atom stereocenters. The van der Waals surface area contributed by atoms with Gasteiger partial charge in [0.05, 0.1) is 0 Å². The van der Waals surface area contributed by atoms with E-state index in [2.05, 4.69) is 22.9 Å². The number of nitrogens with zero attached hydrogens (tertiary/aromatic N) is 2. The van der Waals surface area contributed by atoms with Gasteiger partial charge in [-0.05, 0) is 69.3 Å². The Hall–Kier alpha value is -3.18. The molecule has 1 aliphatic rings. The lowest BCUT2D eigenvalue weighted by Crippen LogP contribution is -2.44. The minimum absolute atomic E-state index is 0.0318. The van der Waals surface area contributed by atoms with Crippen molar-refractivity contribution in [2.75, 3.05) is 38.1 Å². The van der Waals surface area contributed by atoms with Gasteiger partial charge in [-0.15, -0.1) is 0 Å². The number of benzene rings is 2. The van der Waals surface area contributed by atoms with E-state index in [1.54, 1.807) is 18.2 Å². The Labute approximate surface area is 191 Å². The molecule has 0 bridgehead atoms. The van der Waals surface area contributed by atoms with Crippen molar-refractivity contribution in [3.05, 3.63) is 77.4 Å². The first-order chi connectivity index (χ1) is 15.2. The van der Waals surface area contributed by atoms with Crippen LogP contribution >= 0.6 is 0 Å². The second-order valence-electron chi connectivity index (χ2n) is 9.08. The number of ketones is 1. The van der Waals surface area contributed by atoms with Crippen LogP contribution in [0, 0.1) is 0 Å². The second kappa shape index (κ2) is 10.4. The van der Waals surface area contributed by atoms with Crippen LogP contribution in [0.3, 0.4) is 0 Å². The van der Waals surface area contributed by atoms with Crippen molar-refractivity contribution in [2.45, 2.75) is 26.4 Å². The van der Waals surface area contributed by atoms with Gasteiger partial charge in [0.15, 0.2) is 5.78 Å². The van der Waals surface area contributed by atoms with E-state index in [0.29, 0.717) is 5.56 Å². The molecule has 0 N–H and O–H groups in total. The first kappa shape index (κ1) is 23.5. The van der Waals surface area contributed by atoms with Crippen molar-refractivity contribution < 1.29 is 14.3 Å². The van der Waals surface area contributed by atoms with Crippen LogP contribution in [0.1, 0.15) is 42.3 Å². The lowest BCUT2D eigenvalue weighted by Gasteiger charge is -2.34. The zero-order chi connectivity index (χ0) is 23.1. The molecule has 1 heterocycles. The Bertz CT molecular complexity index is 1010. The van der Waals surface area contributed by atoms with Crippen molar-refractivity contribution in [3.8, 4) is 0 Å². The SMILES string of the molecule is CN1CCN(c2cccc(C(=O)/C=C/c3cccc(/C=C/C(=O)OC(C)(C)C)c3)c2)CC1. The molecule has 0 unspecified atom stereocenters. The fourth-order valence-electron chi connectivity index (χ4n) is 3.46. The van der Waals surface area contributed by atoms with Gasteiger partial charge in [0.2, 0.25) is 0 Å². The number of ether oxygens (including phenoxy) is 1. The maximum absolute atomic E-state index is 12.7. The number of piperazine rings is 1. The molecular weight excluding hydrogens is 400 g/mol. The fraction of sp³-hybridized carbons (Fsp3) is 0.333. The molecule has 5 heteroatoms. The molecule has 5 nitrogen and oxygen atoms in total. The predicted octanol–water partition coefficient (Wildman–Crippen LogP) is 4.69. The zero-order valence-corrected chi connectivity index (χ0v) is 19.4. The molecule has 2 aromatic carbocycles. The van der Waals surface area contributed by atoms with Gasteiger partial charge in [-0.3, -0.25) is 4.79 Å². The van der Waals surface area contributed by atoms with Crippen LogP contribution in [-0.4, -0.2) is 55.5 Å². The minimum atomic E-state index is -0.520. The van der Waals surface area contributed by atoms with Crippen LogP contribution in [0.25, 0.3) is 12.2 Å². The van der Waals surface area contributed by atoms with Crippen LogP contribution < -0.4 is 4.90 Å². The molecule has 1 saturated heterocycles. The first-order valence-corrected chi connectivity index (χ1v) is 11.0. The van der Waals surface area contributed by atoms with E-state index in [1.807, 2.05) is 63.2 Å². The molecule has 0 radical (unpaired) electrons. The van der Waals surface area contributed by atoms with Gasteiger partial charge in [0.1, 0.15) is 5.60 Å². The van der Waals surface area contributed by atoms with Gasteiger partial charge >= 0.3 is 5.97 Å². The van der Waals surface area contributed by atoms with Crippen LogP contribution in [-0.2, 0) is 9.53 Å². The van der Waals surface area contributed by atoms with Crippen molar-refractivity contribution >= 4 is 29.6 Å². The third-order valence-electron chi connectivity index (χ3n) is 5.16. The normalized spacial score (nSPS) is 15.4. The summed E-state index contributed by atoms with van der Waals surface area (Å²) >= 11 is 0. The number of anilines is 1. The van der Waals surface area contributed by atoms with E-state index in [9.17, 15) is 9.59 Å². The largest absolute Gasteiger partial charge is 0.457 e. The lowest BCUT2D eigenvalue weighted by molar-refractivity contribution is -0.148. The molecule has 3 rings (SSSR count). The number of hydrogen-bond acceptors (Lipinski definition) is 5. The van der Waals surface area contributed by atoms with Crippen LogP contribution in [0.5, 0.6) is 0 Å². The summed E-state index contributed by atoms with van der Waals surface area (Å²) in [5, 5.41) is 0. The van der Waals surface area contributed by atoms with E-state index in [0.717, 1.165) is 43.0 Å². The summed E-state index contributed by atoms with van der Waals surface area (Å²) in [6.07, 6.45) is 6.53. The van der Waals surface area contributed by atoms with Gasteiger partial charge < -0.3 is 14.5 Å². The summed E-state index contributed by atoms with van der Waals surface area (Å²) in [4.78, 5) is 29.3. The Morgan fingerprint density at radius 3 is 2.16 bits per heavy atom. The van der Waals surface area contributed by atoms with E-state index < -0.39 is 5.60 Å². The van der Waals surface area contributed by atoms with Crippen molar-refractivity contribution in [2.24, 2.45) is 0 Å². The first-order valence-electron chi connectivity index (χ1n) is 11.0. The van der Waals surface area contributed by atoms with Crippen molar-refractivity contribution in [1.29, 1.82) is 0 Å². The lowest BCUT2D eigenvalue weighted by atomic mass is 10.1. The summed E-state index contributed by atoms with van der Waals surface area (Å²) in [5.74, 6) is -0.412. The third kappa shape index (κ3) is 7.20. The Kier molecular flexibility index (Phi) is 7.65. The Morgan fingerprint density at radius 1 is 0.875 bits per heavy atom. The number of allylic oxidation sites excluding steroid dienone is 1. The summed E-state index contributed by atoms with van der Waals surface area (Å²) in [6, 6.07) is 15.5. The highest BCUT2D eigenvalue weighted by molar-refractivity contribution is 6.07. The fourth-order valence-corrected chi connectivity index (χ4v) is 3.46. The minimum Gasteiger partial charge on any atom is -0.457 e. The van der Waals surface area contributed by atoms with Crippen molar-refractivity contribution in [1.82, 2.24) is 4.90 Å². The van der Waals surface area contributed by atoms with Gasteiger partial charge in [-0.25, -0.2) is 4.79 Å². The van der Waals surface area contributed by atoms with Crippen molar-refractivity contribution in [3.63, 3.8) is 0 Å². The maximum Gasteiger partial charge on any atom is 0.331 e. The van der Waals surface area contributed by atoms with Crippen LogP contribution in [0.2, 0.25) is 0 Å². The molecule has 32 heavy (non-hydrogen) atoms.